The molecule has 1 aliphatic rings. The standard InChI is InChI=1S/C17H25NO3S/c1-4-5-11-22(19,20)18-17(9-10-17)15-7-6-8-16(12-15)21-13-14(2)3/h4,6-8,12,14,18H,1,5,9-11,13H2,2-3H3. The largest absolute Gasteiger partial charge is 0.493 e. The van der Waals surface area contributed by atoms with Crippen LogP contribution in [-0.4, -0.2) is 20.8 Å². The molecule has 0 radical (unpaired) electrons. The normalized spacial score (nSPS) is 16.5. The van der Waals surface area contributed by atoms with Gasteiger partial charge < -0.3 is 4.74 Å². The fourth-order valence-corrected chi connectivity index (χ4v) is 3.80. The molecule has 2 rings (SSSR count). The van der Waals surface area contributed by atoms with Crippen LogP contribution in [0.25, 0.3) is 0 Å². The van der Waals surface area contributed by atoms with Crippen molar-refractivity contribution in [1.29, 1.82) is 0 Å². The average molecular weight is 323 g/mol. The SMILES string of the molecule is C=CCCS(=O)(=O)NC1(c2cccc(OCC(C)C)c2)CC1. The molecule has 1 aromatic rings. The summed E-state index contributed by atoms with van der Waals surface area (Å²) >= 11 is 0. The Kier molecular flexibility index (Phi) is 5.29. The second kappa shape index (κ2) is 6.84. The summed E-state index contributed by atoms with van der Waals surface area (Å²) in [5, 5.41) is 0. The van der Waals surface area contributed by atoms with Gasteiger partial charge in [-0.3, -0.25) is 0 Å². The lowest BCUT2D eigenvalue weighted by molar-refractivity contribution is 0.270. The molecule has 0 atom stereocenters. The summed E-state index contributed by atoms with van der Waals surface area (Å²) in [5.41, 5.74) is 0.535. The van der Waals surface area contributed by atoms with Gasteiger partial charge in [-0.15, -0.1) is 6.58 Å². The van der Waals surface area contributed by atoms with E-state index in [-0.39, 0.29) is 5.75 Å². The number of hydrogen-bond acceptors (Lipinski definition) is 3. The van der Waals surface area contributed by atoms with E-state index in [0.717, 1.165) is 24.2 Å². The van der Waals surface area contributed by atoms with Crippen molar-refractivity contribution in [3.63, 3.8) is 0 Å². The highest BCUT2D eigenvalue weighted by atomic mass is 32.2. The average Bonchev–Trinajstić information content (AvgIpc) is 3.23. The lowest BCUT2D eigenvalue weighted by Gasteiger charge is -2.19. The van der Waals surface area contributed by atoms with Gasteiger partial charge in [-0.25, -0.2) is 13.1 Å². The Morgan fingerprint density at radius 1 is 1.41 bits per heavy atom. The summed E-state index contributed by atoms with van der Waals surface area (Å²) in [4.78, 5) is 0. The van der Waals surface area contributed by atoms with Gasteiger partial charge >= 0.3 is 0 Å². The van der Waals surface area contributed by atoms with Crippen LogP contribution in [-0.2, 0) is 15.6 Å². The van der Waals surface area contributed by atoms with Gasteiger partial charge in [0.1, 0.15) is 5.75 Å². The van der Waals surface area contributed by atoms with Crippen LogP contribution in [0.2, 0.25) is 0 Å². The first-order valence-electron chi connectivity index (χ1n) is 7.73. The van der Waals surface area contributed by atoms with Crippen LogP contribution < -0.4 is 9.46 Å². The smallest absolute Gasteiger partial charge is 0.212 e. The molecule has 1 N–H and O–H groups in total. The van der Waals surface area contributed by atoms with Crippen molar-refractivity contribution >= 4 is 10.0 Å². The molecule has 5 heteroatoms. The molecule has 0 bridgehead atoms. The molecule has 122 valence electrons. The zero-order valence-corrected chi connectivity index (χ0v) is 14.2. The summed E-state index contributed by atoms with van der Waals surface area (Å²) < 4.78 is 32.8. The molecule has 0 amide bonds. The number of ether oxygens (including phenoxy) is 1. The van der Waals surface area contributed by atoms with Crippen LogP contribution in [0.4, 0.5) is 0 Å². The van der Waals surface area contributed by atoms with Crippen molar-refractivity contribution in [3.8, 4) is 5.75 Å². The third-order valence-electron chi connectivity index (χ3n) is 3.66. The maximum absolute atomic E-state index is 12.1. The summed E-state index contributed by atoms with van der Waals surface area (Å²) in [6.07, 6.45) is 3.74. The fourth-order valence-electron chi connectivity index (χ4n) is 2.31. The highest BCUT2D eigenvalue weighted by molar-refractivity contribution is 7.89. The molecule has 1 aliphatic carbocycles. The second-order valence-electron chi connectivity index (χ2n) is 6.31. The minimum atomic E-state index is -3.29. The lowest BCUT2D eigenvalue weighted by Crippen LogP contribution is -2.36. The molecule has 0 aromatic heterocycles. The zero-order valence-electron chi connectivity index (χ0n) is 13.3. The third kappa shape index (κ3) is 4.58. The summed E-state index contributed by atoms with van der Waals surface area (Å²) in [6, 6.07) is 7.74. The van der Waals surface area contributed by atoms with E-state index in [1.165, 1.54) is 0 Å². The first kappa shape index (κ1) is 17.0. The highest BCUT2D eigenvalue weighted by Crippen LogP contribution is 2.46. The number of hydrogen-bond donors (Lipinski definition) is 1. The van der Waals surface area contributed by atoms with E-state index in [1.54, 1.807) is 6.08 Å². The van der Waals surface area contributed by atoms with E-state index in [0.29, 0.717) is 18.9 Å². The van der Waals surface area contributed by atoms with E-state index in [9.17, 15) is 8.42 Å². The maximum atomic E-state index is 12.1. The fraction of sp³-hybridized carbons (Fsp3) is 0.529. The summed E-state index contributed by atoms with van der Waals surface area (Å²) in [7, 11) is -3.29. The van der Waals surface area contributed by atoms with Gasteiger partial charge in [-0.2, -0.15) is 0 Å². The van der Waals surface area contributed by atoms with E-state index in [4.69, 9.17) is 4.74 Å². The van der Waals surface area contributed by atoms with Gasteiger partial charge in [0.25, 0.3) is 0 Å². The molecule has 0 spiro atoms. The molecule has 22 heavy (non-hydrogen) atoms. The minimum absolute atomic E-state index is 0.0851. The van der Waals surface area contributed by atoms with E-state index in [1.807, 2.05) is 24.3 Å². The number of nitrogens with one attached hydrogen (secondary N) is 1. The quantitative estimate of drug-likeness (QED) is 0.710. The predicted molar refractivity (Wildman–Crippen MR) is 89.4 cm³/mol. The Morgan fingerprint density at radius 3 is 2.73 bits per heavy atom. The Labute approximate surface area is 133 Å². The van der Waals surface area contributed by atoms with Gasteiger partial charge in [-0.05, 0) is 42.9 Å². The molecule has 1 fully saturated rings. The van der Waals surface area contributed by atoms with E-state index < -0.39 is 15.6 Å². The molecule has 0 heterocycles. The van der Waals surface area contributed by atoms with Gasteiger partial charge in [0.15, 0.2) is 0 Å². The van der Waals surface area contributed by atoms with Crippen LogP contribution >= 0.6 is 0 Å². The molecule has 0 saturated heterocycles. The van der Waals surface area contributed by atoms with Crippen molar-refractivity contribution in [2.75, 3.05) is 12.4 Å². The highest BCUT2D eigenvalue weighted by Gasteiger charge is 2.47. The number of sulfonamides is 1. The van der Waals surface area contributed by atoms with Crippen molar-refractivity contribution in [2.24, 2.45) is 5.92 Å². The molecule has 1 saturated carbocycles. The van der Waals surface area contributed by atoms with Crippen LogP contribution in [0.15, 0.2) is 36.9 Å². The molecule has 1 aromatic carbocycles. The van der Waals surface area contributed by atoms with Crippen molar-refractivity contribution in [1.82, 2.24) is 4.72 Å². The van der Waals surface area contributed by atoms with Crippen LogP contribution in [0.5, 0.6) is 5.75 Å². The van der Waals surface area contributed by atoms with Crippen molar-refractivity contribution in [3.05, 3.63) is 42.5 Å². The van der Waals surface area contributed by atoms with E-state index in [2.05, 4.69) is 25.1 Å². The van der Waals surface area contributed by atoms with Crippen LogP contribution in [0.1, 0.15) is 38.7 Å². The molecule has 4 nitrogen and oxygen atoms in total. The second-order valence-corrected chi connectivity index (χ2v) is 8.15. The first-order chi connectivity index (χ1) is 10.4. The molecule has 0 unspecified atom stereocenters. The molecular formula is C17H25NO3S. The number of rotatable bonds is 9. The Balaban J connectivity index is 2.10. The Hall–Kier alpha value is -1.33. The maximum Gasteiger partial charge on any atom is 0.212 e. The summed E-state index contributed by atoms with van der Waals surface area (Å²) in [6.45, 7) is 8.42. The molecular weight excluding hydrogens is 298 g/mol. The Morgan fingerprint density at radius 2 is 2.14 bits per heavy atom. The third-order valence-corrected chi connectivity index (χ3v) is 5.14. The van der Waals surface area contributed by atoms with Crippen LogP contribution in [0.3, 0.4) is 0 Å². The first-order valence-corrected chi connectivity index (χ1v) is 9.38. The lowest BCUT2D eigenvalue weighted by atomic mass is 10.1. The van der Waals surface area contributed by atoms with Gasteiger partial charge in [0.2, 0.25) is 10.0 Å². The minimum Gasteiger partial charge on any atom is -0.493 e. The van der Waals surface area contributed by atoms with Gasteiger partial charge in [0.05, 0.1) is 17.9 Å². The van der Waals surface area contributed by atoms with E-state index >= 15 is 0 Å². The Bertz CT molecular complexity index is 619. The predicted octanol–water partition coefficient (Wildman–Crippen LogP) is 3.21. The van der Waals surface area contributed by atoms with Crippen molar-refractivity contribution in [2.45, 2.75) is 38.6 Å². The molecule has 0 aliphatic heterocycles. The van der Waals surface area contributed by atoms with Gasteiger partial charge in [0, 0.05) is 0 Å². The number of benzene rings is 1. The van der Waals surface area contributed by atoms with Gasteiger partial charge in [-0.1, -0.05) is 32.1 Å². The zero-order chi connectivity index (χ0) is 16.2. The van der Waals surface area contributed by atoms with Crippen LogP contribution in [0, 0.1) is 5.92 Å². The van der Waals surface area contributed by atoms with Crippen molar-refractivity contribution < 1.29 is 13.2 Å². The summed E-state index contributed by atoms with van der Waals surface area (Å²) in [5.74, 6) is 1.33. The topological polar surface area (TPSA) is 55.4 Å². The number of allylic oxidation sites excluding steroid dienone is 1. The monoisotopic (exact) mass is 323 g/mol.